The molecule has 0 bridgehead atoms. The van der Waals surface area contributed by atoms with Crippen LogP contribution in [0.3, 0.4) is 0 Å². The number of hydrogen-bond acceptors (Lipinski definition) is 5. The maximum atomic E-state index is 13.0. The molecule has 0 aliphatic rings. The third-order valence-corrected chi connectivity index (χ3v) is 8.30. The number of nitrogens with zero attached hydrogens (tertiary/aromatic N) is 1. The summed E-state index contributed by atoms with van der Waals surface area (Å²) < 4.78 is 55.2. The summed E-state index contributed by atoms with van der Waals surface area (Å²) in [4.78, 5) is 0.356. The lowest BCUT2D eigenvalue weighted by Gasteiger charge is -2.20. The highest BCUT2D eigenvalue weighted by Crippen LogP contribution is 2.26. The second-order valence-corrected chi connectivity index (χ2v) is 11.3. The second kappa shape index (κ2) is 9.32. The van der Waals surface area contributed by atoms with E-state index in [1.807, 2.05) is 13.8 Å². The molecule has 0 saturated heterocycles. The van der Waals surface area contributed by atoms with Crippen molar-refractivity contribution < 1.29 is 16.8 Å². The van der Waals surface area contributed by atoms with Gasteiger partial charge in [0.05, 0.1) is 9.79 Å². The minimum Gasteiger partial charge on any atom is -0.388 e. The Kier molecular flexibility index (Phi) is 6.92. The summed E-state index contributed by atoms with van der Waals surface area (Å²) in [7, 11) is -4.26. The first-order valence-corrected chi connectivity index (χ1v) is 12.9. The summed E-state index contributed by atoms with van der Waals surface area (Å²) in [6.07, 6.45) is 0. The van der Waals surface area contributed by atoms with Crippen molar-refractivity contribution in [2.45, 2.75) is 30.2 Å². The number of nitrogens with one attached hydrogen (secondary N) is 2. The van der Waals surface area contributed by atoms with Crippen molar-refractivity contribution in [1.82, 2.24) is 4.31 Å². The van der Waals surface area contributed by atoms with Gasteiger partial charge >= 0.3 is 0 Å². The largest absolute Gasteiger partial charge is 0.388 e. The van der Waals surface area contributed by atoms with Crippen LogP contribution in [0.5, 0.6) is 0 Å². The first-order chi connectivity index (χ1) is 15.0. The summed E-state index contributed by atoms with van der Waals surface area (Å²) in [6, 6.07) is 18.2. The molecule has 2 N–H and O–H groups in total. The van der Waals surface area contributed by atoms with Gasteiger partial charge in [-0.1, -0.05) is 35.4 Å². The first kappa shape index (κ1) is 23.8. The summed E-state index contributed by atoms with van der Waals surface area (Å²) in [5.41, 5.74) is 3.62. The minimum absolute atomic E-state index is 0.0620. The molecular weight excluding hydrogens is 446 g/mol. The Labute approximate surface area is 190 Å². The van der Waals surface area contributed by atoms with Gasteiger partial charge in [0, 0.05) is 32.0 Å². The average Bonchev–Trinajstić information content (AvgIpc) is 2.74. The molecule has 3 aromatic rings. The SMILES string of the molecule is CNc1ccc(NS(=O)(=O)c2ccc(C)cc2)cc1CN(C)S(=O)(=O)c1ccc(C)cc1. The summed E-state index contributed by atoms with van der Waals surface area (Å²) >= 11 is 0. The molecule has 0 amide bonds. The van der Waals surface area contributed by atoms with Crippen molar-refractivity contribution >= 4 is 31.4 Å². The normalized spacial score (nSPS) is 12.0. The van der Waals surface area contributed by atoms with Crippen LogP contribution in [0.4, 0.5) is 11.4 Å². The van der Waals surface area contributed by atoms with Crippen LogP contribution in [-0.2, 0) is 26.6 Å². The number of aryl methyl sites for hydroxylation is 2. The molecule has 9 heteroatoms. The van der Waals surface area contributed by atoms with Crippen LogP contribution in [0.1, 0.15) is 16.7 Å². The van der Waals surface area contributed by atoms with Gasteiger partial charge in [0.25, 0.3) is 10.0 Å². The lowest BCUT2D eigenvalue weighted by Crippen LogP contribution is -2.27. The Morgan fingerprint density at radius 1 is 0.781 bits per heavy atom. The summed E-state index contributed by atoms with van der Waals surface area (Å²) in [6.45, 7) is 3.84. The van der Waals surface area contributed by atoms with Gasteiger partial charge in [-0.05, 0) is 61.9 Å². The molecule has 0 radical (unpaired) electrons. The Bertz CT molecular complexity index is 1300. The molecule has 0 heterocycles. The molecule has 0 spiro atoms. The van der Waals surface area contributed by atoms with E-state index in [-0.39, 0.29) is 16.3 Å². The molecule has 7 nitrogen and oxygen atoms in total. The number of sulfonamides is 2. The Morgan fingerprint density at radius 2 is 1.31 bits per heavy atom. The maximum absolute atomic E-state index is 13.0. The molecule has 0 atom stereocenters. The quantitative estimate of drug-likeness (QED) is 0.516. The number of hydrogen-bond donors (Lipinski definition) is 2. The Morgan fingerprint density at radius 3 is 1.84 bits per heavy atom. The molecule has 0 aliphatic heterocycles. The van der Waals surface area contributed by atoms with Crippen LogP contribution in [0.15, 0.2) is 76.5 Å². The van der Waals surface area contributed by atoms with Gasteiger partial charge in [-0.15, -0.1) is 0 Å². The fourth-order valence-corrected chi connectivity index (χ4v) is 5.38. The van der Waals surface area contributed by atoms with E-state index >= 15 is 0 Å². The zero-order valence-corrected chi connectivity index (χ0v) is 20.1. The van der Waals surface area contributed by atoms with Crippen molar-refractivity contribution in [2.24, 2.45) is 0 Å². The standard InChI is InChI=1S/C23H27N3O4S2/c1-17-5-10-21(11-6-17)31(27,28)25-20-9-14-23(24-3)19(15-20)16-26(4)32(29,30)22-12-7-18(2)8-13-22/h5-15,24-25H,16H2,1-4H3. The van der Waals surface area contributed by atoms with Crippen LogP contribution in [0.2, 0.25) is 0 Å². The van der Waals surface area contributed by atoms with E-state index < -0.39 is 20.0 Å². The molecule has 32 heavy (non-hydrogen) atoms. The maximum Gasteiger partial charge on any atom is 0.261 e. The van der Waals surface area contributed by atoms with E-state index in [0.717, 1.165) is 11.1 Å². The lowest BCUT2D eigenvalue weighted by molar-refractivity contribution is 0.467. The summed E-state index contributed by atoms with van der Waals surface area (Å²) in [5, 5.41) is 3.03. The topological polar surface area (TPSA) is 95.6 Å². The van der Waals surface area contributed by atoms with Gasteiger partial charge in [-0.3, -0.25) is 4.72 Å². The Hall–Kier alpha value is -2.88. The van der Waals surface area contributed by atoms with E-state index in [0.29, 0.717) is 16.9 Å². The minimum atomic E-state index is -3.77. The predicted octanol–water partition coefficient (Wildman–Crippen LogP) is 3.97. The predicted molar refractivity (Wildman–Crippen MR) is 128 cm³/mol. The van der Waals surface area contributed by atoms with Gasteiger partial charge in [-0.2, -0.15) is 4.31 Å². The van der Waals surface area contributed by atoms with Gasteiger partial charge in [0.1, 0.15) is 0 Å². The molecule has 170 valence electrons. The molecule has 0 unspecified atom stereocenters. The van der Waals surface area contributed by atoms with Crippen LogP contribution in [-0.4, -0.2) is 35.2 Å². The van der Waals surface area contributed by atoms with Gasteiger partial charge in [0.15, 0.2) is 0 Å². The van der Waals surface area contributed by atoms with Crippen LogP contribution >= 0.6 is 0 Å². The molecule has 3 rings (SSSR count). The molecule has 0 fully saturated rings. The molecular formula is C23H27N3O4S2. The highest BCUT2D eigenvalue weighted by Gasteiger charge is 2.22. The van der Waals surface area contributed by atoms with E-state index in [1.165, 1.54) is 11.4 Å². The third kappa shape index (κ3) is 5.29. The Balaban J connectivity index is 1.87. The van der Waals surface area contributed by atoms with Crippen LogP contribution < -0.4 is 10.0 Å². The monoisotopic (exact) mass is 473 g/mol. The molecule has 0 aliphatic carbocycles. The van der Waals surface area contributed by atoms with Crippen LogP contribution in [0, 0.1) is 13.8 Å². The molecule has 0 aromatic heterocycles. The van der Waals surface area contributed by atoms with Crippen molar-refractivity contribution in [3.05, 3.63) is 83.4 Å². The third-order valence-electron chi connectivity index (χ3n) is 5.08. The highest BCUT2D eigenvalue weighted by atomic mass is 32.2. The fraction of sp³-hybridized carbons (Fsp3) is 0.217. The molecule has 3 aromatic carbocycles. The number of anilines is 2. The van der Waals surface area contributed by atoms with Gasteiger partial charge in [-0.25, -0.2) is 16.8 Å². The van der Waals surface area contributed by atoms with Crippen LogP contribution in [0.25, 0.3) is 0 Å². The zero-order valence-electron chi connectivity index (χ0n) is 18.5. The fourth-order valence-electron chi connectivity index (χ4n) is 3.18. The average molecular weight is 474 g/mol. The van der Waals surface area contributed by atoms with Gasteiger partial charge in [0.2, 0.25) is 10.0 Å². The van der Waals surface area contributed by atoms with Gasteiger partial charge < -0.3 is 5.32 Å². The number of rotatable bonds is 8. The van der Waals surface area contributed by atoms with E-state index in [1.54, 1.807) is 73.8 Å². The van der Waals surface area contributed by atoms with Crippen molar-refractivity contribution in [1.29, 1.82) is 0 Å². The summed E-state index contributed by atoms with van der Waals surface area (Å²) in [5.74, 6) is 0. The van der Waals surface area contributed by atoms with Crippen molar-refractivity contribution in [3.8, 4) is 0 Å². The van der Waals surface area contributed by atoms with E-state index in [4.69, 9.17) is 0 Å². The van der Waals surface area contributed by atoms with E-state index in [9.17, 15) is 16.8 Å². The van der Waals surface area contributed by atoms with Crippen molar-refractivity contribution in [3.63, 3.8) is 0 Å². The first-order valence-electron chi connectivity index (χ1n) is 9.96. The van der Waals surface area contributed by atoms with Crippen molar-refractivity contribution in [2.75, 3.05) is 24.1 Å². The highest BCUT2D eigenvalue weighted by molar-refractivity contribution is 7.92. The molecule has 0 saturated carbocycles. The smallest absolute Gasteiger partial charge is 0.261 e. The van der Waals surface area contributed by atoms with E-state index in [2.05, 4.69) is 10.0 Å². The number of benzene rings is 3. The lowest BCUT2D eigenvalue weighted by atomic mass is 10.1. The second-order valence-electron chi connectivity index (χ2n) is 7.61. The zero-order chi connectivity index (χ0) is 23.5.